The highest BCUT2D eigenvalue weighted by Crippen LogP contribution is 2.30. The maximum absolute atomic E-state index is 12.4. The molecular formula is C18H22N4OS2. The van der Waals surface area contributed by atoms with Crippen LogP contribution in [0.4, 0.5) is 9.93 Å². The van der Waals surface area contributed by atoms with Gasteiger partial charge >= 0.3 is 6.03 Å². The van der Waals surface area contributed by atoms with Crippen molar-refractivity contribution >= 4 is 39.4 Å². The molecule has 0 radical (unpaired) electrons. The van der Waals surface area contributed by atoms with E-state index in [-0.39, 0.29) is 6.03 Å². The number of rotatable bonds is 4. The lowest BCUT2D eigenvalue weighted by molar-refractivity contribution is 0.217. The summed E-state index contributed by atoms with van der Waals surface area (Å²) >= 11 is 3.27. The van der Waals surface area contributed by atoms with Crippen LogP contribution in [0.15, 0.2) is 23.6 Å². The van der Waals surface area contributed by atoms with Gasteiger partial charge in [0.25, 0.3) is 0 Å². The predicted molar refractivity (Wildman–Crippen MR) is 103 cm³/mol. The number of amides is 2. The average molecular weight is 375 g/mol. The molecule has 2 aliphatic rings. The van der Waals surface area contributed by atoms with Crippen LogP contribution in [0.2, 0.25) is 0 Å². The monoisotopic (exact) mass is 374 g/mol. The van der Waals surface area contributed by atoms with Crippen molar-refractivity contribution in [3.63, 3.8) is 0 Å². The Bertz CT molecular complexity index is 747. The van der Waals surface area contributed by atoms with E-state index < -0.39 is 0 Å². The molecule has 1 N–H and O–H groups in total. The molecule has 2 amide bonds. The molecule has 0 bridgehead atoms. The Morgan fingerprint density at radius 3 is 2.92 bits per heavy atom. The number of aromatic nitrogens is 2. The molecule has 4 rings (SSSR count). The van der Waals surface area contributed by atoms with Gasteiger partial charge in [-0.1, -0.05) is 49.2 Å². The second-order valence-electron chi connectivity index (χ2n) is 6.69. The summed E-state index contributed by atoms with van der Waals surface area (Å²) in [6.07, 6.45) is 9.33. The van der Waals surface area contributed by atoms with E-state index in [1.807, 2.05) is 4.90 Å². The molecule has 0 aromatic carbocycles. The van der Waals surface area contributed by atoms with Gasteiger partial charge in [0.1, 0.15) is 5.01 Å². The first-order chi connectivity index (χ1) is 12.3. The molecule has 1 fully saturated rings. The molecular weight excluding hydrogens is 352 g/mol. The fourth-order valence-corrected chi connectivity index (χ4v) is 5.20. The summed E-state index contributed by atoms with van der Waals surface area (Å²) in [4.78, 5) is 15.6. The maximum Gasteiger partial charge on any atom is 0.323 e. The van der Waals surface area contributed by atoms with E-state index in [2.05, 4.69) is 39.1 Å². The van der Waals surface area contributed by atoms with Gasteiger partial charge in [-0.2, -0.15) is 0 Å². The Morgan fingerprint density at radius 1 is 1.32 bits per heavy atom. The standard InChI is InChI=1S/C18H22N4OS2/c23-18(22-9-7-14(8-10-22)15-6-3-11-24-15)19-17-21-20-16(25-17)12-13-4-1-2-5-13/h3,6-7,11,13H,1-2,4-5,8-10,12H2,(H,19,21,23). The molecule has 0 spiro atoms. The Balaban J connectivity index is 1.31. The minimum atomic E-state index is -0.0787. The van der Waals surface area contributed by atoms with Gasteiger partial charge in [-0.25, -0.2) is 4.79 Å². The smallest absolute Gasteiger partial charge is 0.320 e. The van der Waals surface area contributed by atoms with Crippen LogP contribution >= 0.6 is 22.7 Å². The molecule has 7 heteroatoms. The van der Waals surface area contributed by atoms with Crippen molar-refractivity contribution in [3.05, 3.63) is 33.5 Å². The highest BCUT2D eigenvalue weighted by Gasteiger charge is 2.21. The Labute approximate surface area is 155 Å². The minimum absolute atomic E-state index is 0.0787. The summed E-state index contributed by atoms with van der Waals surface area (Å²) in [5.41, 5.74) is 1.34. The fourth-order valence-electron chi connectivity index (χ4n) is 3.56. The number of anilines is 1. The highest BCUT2D eigenvalue weighted by molar-refractivity contribution is 7.15. The summed E-state index contributed by atoms with van der Waals surface area (Å²) in [6.45, 7) is 1.39. The summed E-state index contributed by atoms with van der Waals surface area (Å²) < 4.78 is 0. The number of nitrogens with one attached hydrogen (secondary N) is 1. The maximum atomic E-state index is 12.4. The number of carbonyl (C=O) groups excluding carboxylic acids is 1. The predicted octanol–water partition coefficient (Wildman–Crippen LogP) is 4.65. The first-order valence-electron chi connectivity index (χ1n) is 8.89. The van der Waals surface area contributed by atoms with Crippen LogP contribution in [0.3, 0.4) is 0 Å². The van der Waals surface area contributed by atoms with Crippen molar-refractivity contribution in [2.45, 2.75) is 38.5 Å². The zero-order chi connectivity index (χ0) is 17.1. The van der Waals surface area contributed by atoms with Gasteiger partial charge in [-0.3, -0.25) is 5.32 Å². The number of hydrogen-bond donors (Lipinski definition) is 1. The van der Waals surface area contributed by atoms with E-state index in [0.29, 0.717) is 11.7 Å². The van der Waals surface area contributed by atoms with Crippen LogP contribution < -0.4 is 5.32 Å². The number of hydrogen-bond acceptors (Lipinski definition) is 5. The van der Waals surface area contributed by atoms with Crippen LogP contribution in [-0.4, -0.2) is 34.2 Å². The molecule has 3 heterocycles. The lowest BCUT2D eigenvalue weighted by Crippen LogP contribution is -2.37. The molecule has 0 unspecified atom stereocenters. The lowest BCUT2D eigenvalue weighted by atomic mass is 10.1. The zero-order valence-electron chi connectivity index (χ0n) is 14.1. The number of carbonyl (C=O) groups is 1. The van der Waals surface area contributed by atoms with E-state index in [0.717, 1.165) is 30.3 Å². The summed E-state index contributed by atoms with van der Waals surface area (Å²) in [6, 6.07) is 4.13. The van der Waals surface area contributed by atoms with Crippen molar-refractivity contribution in [2.24, 2.45) is 5.92 Å². The molecule has 5 nitrogen and oxygen atoms in total. The van der Waals surface area contributed by atoms with Gasteiger partial charge in [0.2, 0.25) is 5.13 Å². The third-order valence-corrected chi connectivity index (χ3v) is 6.76. The van der Waals surface area contributed by atoms with E-state index in [1.165, 1.54) is 47.5 Å². The first-order valence-corrected chi connectivity index (χ1v) is 10.6. The van der Waals surface area contributed by atoms with Crippen molar-refractivity contribution in [3.8, 4) is 0 Å². The highest BCUT2D eigenvalue weighted by atomic mass is 32.1. The molecule has 1 aliphatic carbocycles. The largest absolute Gasteiger partial charge is 0.323 e. The van der Waals surface area contributed by atoms with Gasteiger partial charge in [0.05, 0.1) is 0 Å². The molecule has 2 aromatic rings. The van der Waals surface area contributed by atoms with Gasteiger partial charge in [0, 0.05) is 24.4 Å². The lowest BCUT2D eigenvalue weighted by Gasteiger charge is -2.25. The third-order valence-electron chi connectivity index (χ3n) is 4.95. The number of thiophene rings is 1. The molecule has 1 saturated carbocycles. The van der Waals surface area contributed by atoms with Crippen LogP contribution in [0, 0.1) is 5.92 Å². The van der Waals surface area contributed by atoms with E-state index in [1.54, 1.807) is 11.3 Å². The fraction of sp³-hybridized carbons (Fsp3) is 0.500. The van der Waals surface area contributed by atoms with Gasteiger partial charge in [-0.05, 0) is 29.4 Å². The van der Waals surface area contributed by atoms with Crippen LogP contribution in [0.5, 0.6) is 0 Å². The second-order valence-corrected chi connectivity index (χ2v) is 8.70. The molecule has 2 aromatic heterocycles. The van der Waals surface area contributed by atoms with Crippen LogP contribution in [0.25, 0.3) is 5.57 Å². The molecule has 1 aliphatic heterocycles. The first kappa shape index (κ1) is 16.7. The second kappa shape index (κ2) is 7.66. The van der Waals surface area contributed by atoms with Crippen LogP contribution in [0.1, 0.15) is 42.0 Å². The Morgan fingerprint density at radius 2 is 2.20 bits per heavy atom. The molecule has 0 saturated heterocycles. The van der Waals surface area contributed by atoms with Gasteiger partial charge in [-0.15, -0.1) is 21.5 Å². The van der Waals surface area contributed by atoms with E-state index in [9.17, 15) is 4.79 Å². The number of nitrogens with zero attached hydrogens (tertiary/aromatic N) is 3. The molecule has 132 valence electrons. The van der Waals surface area contributed by atoms with Gasteiger partial charge in [0.15, 0.2) is 0 Å². The Kier molecular flexibility index (Phi) is 5.12. The van der Waals surface area contributed by atoms with Crippen molar-refractivity contribution in [1.29, 1.82) is 0 Å². The summed E-state index contributed by atoms with van der Waals surface area (Å²) in [7, 11) is 0. The SMILES string of the molecule is O=C(Nc1nnc(CC2CCCC2)s1)N1CC=C(c2cccs2)CC1. The quantitative estimate of drug-likeness (QED) is 0.847. The minimum Gasteiger partial charge on any atom is -0.320 e. The third kappa shape index (κ3) is 4.10. The summed E-state index contributed by atoms with van der Waals surface area (Å²) in [5, 5.41) is 15.1. The molecule has 25 heavy (non-hydrogen) atoms. The summed E-state index contributed by atoms with van der Waals surface area (Å²) in [5.74, 6) is 0.749. The van der Waals surface area contributed by atoms with E-state index in [4.69, 9.17) is 0 Å². The molecule has 0 atom stereocenters. The Hall–Kier alpha value is -1.73. The zero-order valence-corrected chi connectivity index (χ0v) is 15.7. The van der Waals surface area contributed by atoms with Crippen molar-refractivity contribution in [1.82, 2.24) is 15.1 Å². The van der Waals surface area contributed by atoms with E-state index >= 15 is 0 Å². The average Bonchev–Trinajstić information content (AvgIpc) is 3.38. The van der Waals surface area contributed by atoms with Crippen molar-refractivity contribution < 1.29 is 4.79 Å². The van der Waals surface area contributed by atoms with Crippen LogP contribution in [-0.2, 0) is 6.42 Å². The van der Waals surface area contributed by atoms with Gasteiger partial charge < -0.3 is 4.90 Å². The normalized spacial score (nSPS) is 18.4. The van der Waals surface area contributed by atoms with Crippen molar-refractivity contribution in [2.75, 3.05) is 18.4 Å². The number of urea groups is 1. The topological polar surface area (TPSA) is 58.1 Å².